The first-order chi connectivity index (χ1) is 11.9. The van der Waals surface area contributed by atoms with Gasteiger partial charge in [0.05, 0.1) is 5.69 Å². The summed E-state index contributed by atoms with van der Waals surface area (Å²) in [6, 6.07) is 11.3. The third kappa shape index (κ3) is 3.88. The quantitative estimate of drug-likeness (QED) is 0.654. The van der Waals surface area contributed by atoms with E-state index in [1.54, 1.807) is 13.0 Å². The Morgan fingerprint density at radius 3 is 2.40 bits per heavy atom. The van der Waals surface area contributed by atoms with Gasteiger partial charge in [-0.05, 0) is 43.7 Å². The fourth-order valence-corrected chi connectivity index (χ4v) is 2.30. The minimum Gasteiger partial charge on any atom is -0.340 e. The van der Waals surface area contributed by atoms with Crippen LogP contribution in [0.5, 0.6) is 0 Å². The van der Waals surface area contributed by atoms with Gasteiger partial charge in [-0.2, -0.15) is 4.98 Å². The van der Waals surface area contributed by atoms with Gasteiger partial charge in [-0.3, -0.25) is 0 Å². The van der Waals surface area contributed by atoms with Gasteiger partial charge in [0, 0.05) is 17.4 Å². The average molecular weight is 344 g/mol. The van der Waals surface area contributed by atoms with Gasteiger partial charge >= 0.3 is 0 Å². The van der Waals surface area contributed by atoms with Crippen LogP contribution in [0.4, 0.5) is 36.3 Å². The molecule has 2 N–H and O–H groups in total. The molecule has 0 bridgehead atoms. The Kier molecular flexibility index (Phi) is 4.56. The molecular weight excluding hydrogens is 329 g/mol. The highest BCUT2D eigenvalue weighted by atomic mass is 19.2. The number of aromatic nitrogens is 2. The van der Waals surface area contributed by atoms with Gasteiger partial charge in [-0.25, -0.2) is 18.2 Å². The highest BCUT2D eigenvalue weighted by Crippen LogP contribution is 2.24. The first kappa shape index (κ1) is 16.8. The summed E-state index contributed by atoms with van der Waals surface area (Å²) >= 11 is 0. The predicted octanol–water partition coefficient (Wildman–Crippen LogP) is 5.00. The Bertz CT molecular complexity index is 928. The van der Waals surface area contributed by atoms with Gasteiger partial charge in [-0.15, -0.1) is 0 Å². The Balaban J connectivity index is 1.88. The van der Waals surface area contributed by atoms with Crippen LogP contribution in [0.25, 0.3) is 0 Å². The lowest BCUT2D eigenvalue weighted by atomic mass is 10.2. The zero-order chi connectivity index (χ0) is 18.0. The van der Waals surface area contributed by atoms with Crippen molar-refractivity contribution in [1.82, 2.24) is 9.97 Å². The van der Waals surface area contributed by atoms with E-state index in [-0.39, 0.29) is 11.6 Å². The lowest BCUT2D eigenvalue weighted by Crippen LogP contribution is -2.05. The topological polar surface area (TPSA) is 49.8 Å². The monoisotopic (exact) mass is 344 g/mol. The number of hydrogen-bond donors (Lipinski definition) is 2. The lowest BCUT2D eigenvalue weighted by Gasteiger charge is -2.11. The summed E-state index contributed by atoms with van der Waals surface area (Å²) in [5, 5.41) is 5.70. The zero-order valence-corrected chi connectivity index (χ0v) is 13.6. The molecule has 0 spiro atoms. The summed E-state index contributed by atoms with van der Waals surface area (Å²) in [6.07, 6.45) is 0. The number of nitrogens with one attached hydrogen (secondary N) is 2. The Labute approximate surface area is 142 Å². The van der Waals surface area contributed by atoms with Crippen molar-refractivity contribution in [1.29, 1.82) is 0 Å². The van der Waals surface area contributed by atoms with Crippen molar-refractivity contribution in [2.24, 2.45) is 0 Å². The molecule has 1 aromatic heterocycles. The van der Waals surface area contributed by atoms with Crippen LogP contribution in [-0.4, -0.2) is 9.97 Å². The number of rotatable bonds is 4. The molecule has 128 valence electrons. The number of halogens is 3. The number of aryl methyl sites for hydroxylation is 2. The Morgan fingerprint density at radius 1 is 0.840 bits per heavy atom. The van der Waals surface area contributed by atoms with E-state index in [1.165, 1.54) is 0 Å². The van der Waals surface area contributed by atoms with Crippen molar-refractivity contribution >= 4 is 23.1 Å². The number of hydrogen-bond acceptors (Lipinski definition) is 4. The van der Waals surface area contributed by atoms with E-state index in [0.29, 0.717) is 11.5 Å². The van der Waals surface area contributed by atoms with Gasteiger partial charge in [0.1, 0.15) is 5.82 Å². The Morgan fingerprint density at radius 2 is 1.64 bits per heavy atom. The van der Waals surface area contributed by atoms with E-state index in [1.807, 2.05) is 31.2 Å². The third-order valence-electron chi connectivity index (χ3n) is 3.43. The summed E-state index contributed by atoms with van der Waals surface area (Å²) in [5.41, 5.74) is 2.29. The second-order valence-electron chi connectivity index (χ2n) is 5.56. The minimum absolute atomic E-state index is 0.0695. The maximum absolute atomic E-state index is 13.8. The summed E-state index contributed by atoms with van der Waals surface area (Å²) < 4.78 is 40.1. The molecule has 0 aliphatic rings. The van der Waals surface area contributed by atoms with Crippen molar-refractivity contribution < 1.29 is 13.2 Å². The molecule has 3 aromatic rings. The third-order valence-corrected chi connectivity index (χ3v) is 3.43. The van der Waals surface area contributed by atoms with Crippen molar-refractivity contribution in [3.8, 4) is 0 Å². The maximum atomic E-state index is 13.8. The first-order valence-electron chi connectivity index (χ1n) is 7.52. The molecule has 1 heterocycles. The van der Waals surface area contributed by atoms with E-state index in [9.17, 15) is 13.2 Å². The molecule has 7 heteroatoms. The Hall–Kier alpha value is -3.09. The second-order valence-corrected chi connectivity index (χ2v) is 5.56. The van der Waals surface area contributed by atoms with Crippen LogP contribution in [-0.2, 0) is 0 Å². The summed E-state index contributed by atoms with van der Waals surface area (Å²) in [4.78, 5) is 8.37. The van der Waals surface area contributed by atoms with E-state index < -0.39 is 17.5 Å². The molecule has 0 radical (unpaired) electrons. The molecule has 0 saturated heterocycles. The minimum atomic E-state index is -1.55. The highest BCUT2D eigenvalue weighted by molar-refractivity contribution is 5.61. The first-order valence-corrected chi connectivity index (χ1v) is 7.52. The van der Waals surface area contributed by atoms with Gasteiger partial charge in [0.15, 0.2) is 17.5 Å². The van der Waals surface area contributed by atoms with Gasteiger partial charge < -0.3 is 10.6 Å². The van der Waals surface area contributed by atoms with Crippen LogP contribution in [0.1, 0.15) is 11.3 Å². The standard InChI is InChI=1S/C18H15F3N4/c1-10-4-3-5-12(8-10)23-15-9-11(2)22-18(25-15)24-14-7-6-13(19)16(20)17(14)21/h3-9H,1-2H3,(H2,22,23,24,25). The van der Waals surface area contributed by atoms with Gasteiger partial charge in [-0.1, -0.05) is 12.1 Å². The predicted molar refractivity (Wildman–Crippen MR) is 90.8 cm³/mol. The second kappa shape index (κ2) is 6.80. The smallest absolute Gasteiger partial charge is 0.229 e. The summed E-state index contributed by atoms with van der Waals surface area (Å²) in [5.74, 6) is -3.56. The fraction of sp³-hybridized carbons (Fsp3) is 0.111. The average Bonchev–Trinajstić information content (AvgIpc) is 2.55. The van der Waals surface area contributed by atoms with Gasteiger partial charge in [0.25, 0.3) is 0 Å². The molecule has 0 amide bonds. The molecule has 0 saturated carbocycles. The summed E-state index contributed by atoms with van der Waals surface area (Å²) in [7, 11) is 0. The van der Waals surface area contributed by atoms with Crippen LogP contribution < -0.4 is 10.6 Å². The fourth-order valence-electron chi connectivity index (χ4n) is 2.30. The van der Waals surface area contributed by atoms with Crippen LogP contribution in [0.3, 0.4) is 0 Å². The molecular formula is C18H15F3N4. The molecule has 2 aromatic carbocycles. The maximum Gasteiger partial charge on any atom is 0.229 e. The van der Waals surface area contributed by atoms with E-state index >= 15 is 0 Å². The molecule has 0 aliphatic heterocycles. The molecule has 25 heavy (non-hydrogen) atoms. The lowest BCUT2D eigenvalue weighted by molar-refractivity contribution is 0.449. The molecule has 4 nitrogen and oxygen atoms in total. The van der Waals surface area contributed by atoms with Crippen molar-refractivity contribution in [2.75, 3.05) is 10.6 Å². The highest BCUT2D eigenvalue weighted by Gasteiger charge is 2.14. The van der Waals surface area contributed by atoms with Gasteiger partial charge in [0.2, 0.25) is 5.95 Å². The van der Waals surface area contributed by atoms with Crippen molar-refractivity contribution in [3.05, 3.63) is 71.2 Å². The van der Waals surface area contributed by atoms with Crippen LogP contribution >= 0.6 is 0 Å². The molecule has 3 rings (SSSR count). The molecule has 0 aliphatic carbocycles. The zero-order valence-electron chi connectivity index (χ0n) is 13.6. The normalized spacial score (nSPS) is 10.6. The number of nitrogens with zero attached hydrogens (tertiary/aromatic N) is 2. The van der Waals surface area contributed by atoms with E-state index in [2.05, 4.69) is 20.6 Å². The number of anilines is 4. The largest absolute Gasteiger partial charge is 0.340 e. The van der Waals surface area contributed by atoms with E-state index in [4.69, 9.17) is 0 Å². The van der Waals surface area contributed by atoms with Crippen molar-refractivity contribution in [2.45, 2.75) is 13.8 Å². The SMILES string of the molecule is Cc1cccc(Nc2cc(C)nc(Nc3ccc(F)c(F)c3F)n2)c1. The summed E-state index contributed by atoms with van der Waals surface area (Å²) in [6.45, 7) is 3.71. The molecule has 0 fully saturated rings. The number of benzene rings is 2. The van der Waals surface area contributed by atoms with E-state index in [0.717, 1.165) is 23.4 Å². The molecule has 0 unspecified atom stereocenters. The molecule has 0 atom stereocenters. The van der Waals surface area contributed by atoms with Crippen LogP contribution in [0.2, 0.25) is 0 Å². The van der Waals surface area contributed by atoms with Crippen LogP contribution in [0.15, 0.2) is 42.5 Å². The van der Waals surface area contributed by atoms with Crippen molar-refractivity contribution in [3.63, 3.8) is 0 Å². The van der Waals surface area contributed by atoms with Crippen LogP contribution in [0, 0.1) is 31.3 Å².